The van der Waals surface area contributed by atoms with E-state index in [4.69, 9.17) is 24.2 Å². The van der Waals surface area contributed by atoms with E-state index >= 15 is 0 Å². The number of ether oxygens (including phenoxy) is 3. The quantitative estimate of drug-likeness (QED) is 0.292. The SMILES string of the molecule is CCN(CC)C(=O)C1CCCN(c2nc(Nc3cc(OC)c(OC)c(OC)c3)c3ncn(-c4ccsc4)c3n2)C1. The summed E-state index contributed by atoms with van der Waals surface area (Å²) in [5.41, 5.74) is 2.97. The van der Waals surface area contributed by atoms with Crippen molar-refractivity contribution >= 4 is 45.9 Å². The van der Waals surface area contributed by atoms with Crippen molar-refractivity contribution in [1.29, 1.82) is 0 Å². The van der Waals surface area contributed by atoms with Crippen molar-refractivity contribution in [2.24, 2.45) is 5.92 Å². The monoisotopic (exact) mass is 565 g/mol. The lowest BCUT2D eigenvalue weighted by Crippen LogP contribution is -2.45. The molecule has 0 radical (unpaired) electrons. The normalized spacial score (nSPS) is 15.2. The van der Waals surface area contributed by atoms with Gasteiger partial charge >= 0.3 is 0 Å². The summed E-state index contributed by atoms with van der Waals surface area (Å²) in [4.78, 5) is 31.8. The van der Waals surface area contributed by atoms with Gasteiger partial charge in [-0.1, -0.05) is 0 Å². The van der Waals surface area contributed by atoms with E-state index in [9.17, 15) is 4.79 Å². The largest absolute Gasteiger partial charge is 0.493 e. The lowest BCUT2D eigenvalue weighted by Gasteiger charge is -2.34. The van der Waals surface area contributed by atoms with Gasteiger partial charge in [-0.15, -0.1) is 0 Å². The molecule has 3 aromatic heterocycles. The maximum atomic E-state index is 13.2. The van der Waals surface area contributed by atoms with Crippen LogP contribution in [0.15, 0.2) is 35.3 Å². The number of benzene rings is 1. The summed E-state index contributed by atoms with van der Waals surface area (Å²) in [7, 11) is 4.73. The number of piperidine rings is 1. The number of nitrogens with one attached hydrogen (secondary N) is 1. The second-order valence-corrected chi connectivity index (χ2v) is 10.3. The Hall–Kier alpha value is -4.06. The van der Waals surface area contributed by atoms with E-state index in [1.807, 2.05) is 46.9 Å². The minimum Gasteiger partial charge on any atom is -0.493 e. The number of amides is 1. The van der Waals surface area contributed by atoms with Crippen LogP contribution in [0.4, 0.5) is 17.5 Å². The third-order valence-corrected chi connectivity index (χ3v) is 7.90. The molecule has 1 aliphatic rings. The van der Waals surface area contributed by atoms with Gasteiger partial charge in [0, 0.05) is 49.4 Å². The number of nitrogens with zero attached hydrogens (tertiary/aromatic N) is 6. The molecule has 212 valence electrons. The van der Waals surface area contributed by atoms with Crippen LogP contribution in [0.2, 0.25) is 0 Å². The molecule has 0 spiro atoms. The van der Waals surface area contributed by atoms with Crippen molar-refractivity contribution < 1.29 is 19.0 Å². The van der Waals surface area contributed by atoms with Crippen molar-refractivity contribution in [2.75, 3.05) is 57.7 Å². The number of methoxy groups -OCH3 is 3. The standard InChI is InChI=1S/C28H35N7O4S/c1-6-33(7-2)27(36)18-9-8-11-34(15-18)28-31-25(23-26(32-28)35(17-29-23)20-10-12-40-16-20)30-19-13-21(37-3)24(39-5)22(14-19)38-4/h10,12-14,16-18H,6-9,11,15H2,1-5H3,(H,30,31,32). The molecule has 5 rings (SSSR count). The number of fused-ring (bicyclic) bond motifs is 1. The van der Waals surface area contributed by atoms with E-state index < -0.39 is 0 Å². The van der Waals surface area contributed by atoms with Gasteiger partial charge < -0.3 is 29.3 Å². The first-order chi connectivity index (χ1) is 19.5. The number of rotatable bonds is 10. The van der Waals surface area contributed by atoms with Crippen LogP contribution in [-0.2, 0) is 4.79 Å². The third kappa shape index (κ3) is 5.23. The van der Waals surface area contributed by atoms with E-state index in [1.54, 1.807) is 39.0 Å². The summed E-state index contributed by atoms with van der Waals surface area (Å²) in [6.45, 7) is 6.78. The van der Waals surface area contributed by atoms with Crippen molar-refractivity contribution in [2.45, 2.75) is 26.7 Å². The molecule has 11 nitrogen and oxygen atoms in total. The van der Waals surface area contributed by atoms with Crippen LogP contribution in [0, 0.1) is 5.92 Å². The smallest absolute Gasteiger partial charge is 0.229 e. The van der Waals surface area contributed by atoms with Crippen LogP contribution in [0.1, 0.15) is 26.7 Å². The van der Waals surface area contributed by atoms with Crippen LogP contribution in [0.25, 0.3) is 16.9 Å². The molecule has 1 atom stereocenters. The number of aromatic nitrogens is 4. The first-order valence-electron chi connectivity index (χ1n) is 13.4. The maximum Gasteiger partial charge on any atom is 0.229 e. The molecule has 1 amide bonds. The zero-order valence-electron chi connectivity index (χ0n) is 23.5. The molecule has 0 aliphatic carbocycles. The predicted octanol–water partition coefficient (Wildman–Crippen LogP) is 4.73. The number of carbonyl (C=O) groups excluding carboxylic acids is 1. The lowest BCUT2D eigenvalue weighted by molar-refractivity contribution is -0.135. The molecule has 1 aromatic carbocycles. The van der Waals surface area contributed by atoms with E-state index in [-0.39, 0.29) is 11.8 Å². The van der Waals surface area contributed by atoms with Gasteiger partial charge in [0.1, 0.15) is 6.33 Å². The number of hydrogen-bond acceptors (Lipinski definition) is 10. The Kier molecular flexibility index (Phi) is 8.24. The van der Waals surface area contributed by atoms with Gasteiger partial charge in [-0.2, -0.15) is 21.3 Å². The molecule has 4 aromatic rings. The van der Waals surface area contributed by atoms with Crippen molar-refractivity contribution in [3.05, 3.63) is 35.3 Å². The molecule has 4 heterocycles. The van der Waals surface area contributed by atoms with Crippen LogP contribution in [-0.4, -0.2) is 77.8 Å². The Morgan fingerprint density at radius 1 is 1.12 bits per heavy atom. The lowest BCUT2D eigenvalue weighted by atomic mass is 9.96. The van der Waals surface area contributed by atoms with Crippen molar-refractivity contribution in [3.63, 3.8) is 0 Å². The summed E-state index contributed by atoms with van der Waals surface area (Å²) in [5.74, 6) is 2.73. The molecule has 0 bridgehead atoms. The van der Waals surface area contributed by atoms with Gasteiger partial charge in [0.25, 0.3) is 0 Å². The molecule has 12 heteroatoms. The van der Waals surface area contributed by atoms with Crippen LogP contribution < -0.4 is 24.4 Å². The number of anilines is 3. The molecule has 1 N–H and O–H groups in total. The maximum absolute atomic E-state index is 13.2. The minimum atomic E-state index is -0.0961. The van der Waals surface area contributed by atoms with Gasteiger partial charge in [0.05, 0.1) is 32.9 Å². The second kappa shape index (κ2) is 12.0. The number of hydrogen-bond donors (Lipinski definition) is 1. The zero-order valence-corrected chi connectivity index (χ0v) is 24.3. The van der Waals surface area contributed by atoms with Gasteiger partial charge in [-0.25, -0.2) is 4.98 Å². The van der Waals surface area contributed by atoms with Crippen LogP contribution in [0.5, 0.6) is 17.2 Å². The minimum absolute atomic E-state index is 0.0961. The molecular weight excluding hydrogens is 530 g/mol. The Morgan fingerprint density at radius 3 is 2.50 bits per heavy atom. The Balaban J connectivity index is 1.57. The van der Waals surface area contributed by atoms with Gasteiger partial charge in [0.2, 0.25) is 17.6 Å². The average Bonchev–Trinajstić information content (AvgIpc) is 3.67. The Bertz CT molecular complexity index is 1440. The van der Waals surface area contributed by atoms with Gasteiger partial charge in [-0.3, -0.25) is 9.36 Å². The predicted molar refractivity (Wildman–Crippen MR) is 157 cm³/mol. The van der Waals surface area contributed by atoms with Crippen molar-refractivity contribution in [3.8, 4) is 22.9 Å². The highest BCUT2D eigenvalue weighted by atomic mass is 32.1. The van der Waals surface area contributed by atoms with Crippen LogP contribution in [0.3, 0.4) is 0 Å². The molecule has 1 unspecified atom stereocenters. The summed E-state index contributed by atoms with van der Waals surface area (Å²) >= 11 is 1.61. The summed E-state index contributed by atoms with van der Waals surface area (Å²) in [6.07, 6.45) is 3.50. The van der Waals surface area contributed by atoms with Gasteiger partial charge in [0.15, 0.2) is 28.5 Å². The average molecular weight is 566 g/mol. The van der Waals surface area contributed by atoms with Crippen LogP contribution >= 0.6 is 11.3 Å². The highest BCUT2D eigenvalue weighted by Crippen LogP contribution is 2.41. The fourth-order valence-electron chi connectivity index (χ4n) is 5.14. The van der Waals surface area contributed by atoms with E-state index in [0.29, 0.717) is 65.5 Å². The van der Waals surface area contributed by atoms with E-state index in [2.05, 4.69) is 20.6 Å². The zero-order chi connectivity index (χ0) is 28.2. The molecule has 0 saturated carbocycles. The number of thiophene rings is 1. The van der Waals surface area contributed by atoms with Crippen molar-refractivity contribution in [1.82, 2.24) is 24.4 Å². The second-order valence-electron chi connectivity index (χ2n) is 9.48. The fraction of sp³-hybridized carbons (Fsp3) is 0.429. The highest BCUT2D eigenvalue weighted by Gasteiger charge is 2.30. The molecule has 40 heavy (non-hydrogen) atoms. The molecule has 1 fully saturated rings. The van der Waals surface area contributed by atoms with E-state index in [0.717, 1.165) is 25.1 Å². The van der Waals surface area contributed by atoms with Gasteiger partial charge in [-0.05, 0) is 38.1 Å². The molecule has 1 saturated heterocycles. The molecule has 1 aliphatic heterocycles. The molecular formula is C28H35N7O4S. The summed E-state index contributed by atoms with van der Waals surface area (Å²) in [6, 6.07) is 5.68. The first-order valence-corrected chi connectivity index (χ1v) is 14.3. The summed E-state index contributed by atoms with van der Waals surface area (Å²) in [5, 5.41) is 7.49. The van der Waals surface area contributed by atoms with E-state index in [1.165, 1.54) is 0 Å². The highest BCUT2D eigenvalue weighted by molar-refractivity contribution is 7.08. The Labute approximate surface area is 237 Å². The first kappa shape index (κ1) is 27.5. The third-order valence-electron chi connectivity index (χ3n) is 7.22. The Morgan fingerprint density at radius 2 is 1.88 bits per heavy atom. The number of carbonyl (C=O) groups is 1. The topological polar surface area (TPSA) is 107 Å². The summed E-state index contributed by atoms with van der Waals surface area (Å²) < 4.78 is 18.5. The fourth-order valence-corrected chi connectivity index (χ4v) is 5.77. The number of imidazole rings is 1.